The van der Waals surface area contributed by atoms with Crippen LogP contribution in [0.1, 0.15) is 31.5 Å². The van der Waals surface area contributed by atoms with Crippen LogP contribution in [-0.2, 0) is 6.42 Å². The monoisotopic (exact) mass is 371 g/mol. The van der Waals surface area contributed by atoms with Crippen molar-refractivity contribution in [2.24, 2.45) is 4.99 Å². The molecule has 0 bridgehead atoms. The predicted molar refractivity (Wildman–Crippen MR) is 104 cm³/mol. The molecule has 0 atom stereocenters. The van der Waals surface area contributed by atoms with E-state index < -0.39 is 0 Å². The maximum Gasteiger partial charge on any atom is 0.280 e. The fourth-order valence-corrected chi connectivity index (χ4v) is 2.95. The number of halogens is 2. The lowest BCUT2D eigenvalue weighted by molar-refractivity contribution is 0.626. The van der Waals surface area contributed by atoms with Gasteiger partial charge in [-0.05, 0) is 61.9 Å². The minimum absolute atomic E-state index is 0.199. The van der Waals surface area contributed by atoms with Gasteiger partial charge in [0.1, 0.15) is 5.82 Å². The summed E-state index contributed by atoms with van der Waals surface area (Å²) in [6, 6.07) is 12.9. The Labute approximate surface area is 156 Å². The standard InChI is InChI=1S/C20H19ClFN3O/c1-3-4-18-19(13(2)23-16-9-5-14(21)6-10-16)20(26)25(24-18)17-11-7-15(22)8-12-17/h5-12,24H,3-4H2,1-2H3. The second-order valence-electron chi connectivity index (χ2n) is 6.01. The van der Waals surface area contributed by atoms with E-state index in [4.69, 9.17) is 11.6 Å². The lowest BCUT2D eigenvalue weighted by Gasteiger charge is -2.01. The molecule has 0 aliphatic heterocycles. The Bertz CT molecular complexity index is 985. The zero-order chi connectivity index (χ0) is 18.7. The number of rotatable bonds is 5. The minimum atomic E-state index is -0.345. The molecule has 4 nitrogen and oxygen atoms in total. The van der Waals surface area contributed by atoms with Crippen molar-refractivity contribution in [1.29, 1.82) is 0 Å². The number of nitrogens with one attached hydrogen (secondary N) is 1. The quantitative estimate of drug-likeness (QED) is 0.627. The first-order chi connectivity index (χ1) is 12.5. The molecule has 0 aliphatic rings. The fraction of sp³-hybridized carbons (Fsp3) is 0.200. The molecule has 1 aromatic heterocycles. The summed E-state index contributed by atoms with van der Waals surface area (Å²) in [5.41, 5.74) is 3.10. The highest BCUT2D eigenvalue weighted by molar-refractivity contribution is 6.30. The Balaban J connectivity index is 2.09. The molecule has 0 amide bonds. The van der Waals surface area contributed by atoms with Crippen molar-refractivity contribution in [3.05, 3.63) is 81.0 Å². The summed E-state index contributed by atoms with van der Waals surface area (Å²) >= 11 is 5.91. The van der Waals surface area contributed by atoms with E-state index in [0.717, 1.165) is 17.8 Å². The number of aromatic nitrogens is 2. The van der Waals surface area contributed by atoms with E-state index in [2.05, 4.69) is 10.1 Å². The molecule has 0 fully saturated rings. The number of aliphatic imine (C=N–C) groups is 1. The number of aryl methyl sites for hydroxylation is 1. The number of aromatic amines is 1. The first-order valence-electron chi connectivity index (χ1n) is 8.40. The Morgan fingerprint density at radius 1 is 1.15 bits per heavy atom. The molecule has 134 valence electrons. The predicted octanol–water partition coefficient (Wildman–Crippen LogP) is 5.05. The van der Waals surface area contributed by atoms with E-state index in [0.29, 0.717) is 28.4 Å². The van der Waals surface area contributed by atoms with E-state index >= 15 is 0 Å². The van der Waals surface area contributed by atoms with Crippen molar-refractivity contribution in [3.63, 3.8) is 0 Å². The van der Waals surface area contributed by atoms with Gasteiger partial charge in [0, 0.05) is 10.7 Å². The van der Waals surface area contributed by atoms with Crippen molar-refractivity contribution < 1.29 is 4.39 Å². The molecule has 1 heterocycles. The first kappa shape index (κ1) is 18.1. The minimum Gasteiger partial charge on any atom is -0.294 e. The smallest absolute Gasteiger partial charge is 0.280 e. The highest BCUT2D eigenvalue weighted by atomic mass is 35.5. The van der Waals surface area contributed by atoms with E-state index in [1.807, 2.05) is 13.8 Å². The molecule has 1 N–H and O–H groups in total. The van der Waals surface area contributed by atoms with Gasteiger partial charge in [0.25, 0.3) is 5.56 Å². The Morgan fingerprint density at radius 2 is 1.81 bits per heavy atom. The normalized spacial score (nSPS) is 11.8. The van der Waals surface area contributed by atoms with Crippen LogP contribution < -0.4 is 5.56 Å². The third-order valence-corrected chi connectivity index (χ3v) is 4.29. The van der Waals surface area contributed by atoms with Crippen LogP contribution in [0, 0.1) is 5.82 Å². The van der Waals surface area contributed by atoms with E-state index in [1.165, 1.54) is 16.8 Å². The van der Waals surface area contributed by atoms with Crippen molar-refractivity contribution in [1.82, 2.24) is 9.78 Å². The Morgan fingerprint density at radius 3 is 2.42 bits per heavy atom. The number of H-pyrrole nitrogens is 1. The topological polar surface area (TPSA) is 50.1 Å². The SMILES string of the molecule is CCCc1[nH]n(-c2ccc(F)cc2)c(=O)c1C(C)=Nc1ccc(Cl)cc1. The van der Waals surface area contributed by atoms with E-state index in [9.17, 15) is 9.18 Å². The van der Waals surface area contributed by atoms with Gasteiger partial charge >= 0.3 is 0 Å². The maximum absolute atomic E-state index is 13.2. The number of hydrogen-bond donors (Lipinski definition) is 1. The largest absolute Gasteiger partial charge is 0.294 e. The lowest BCUT2D eigenvalue weighted by atomic mass is 10.1. The second kappa shape index (κ2) is 7.70. The third-order valence-electron chi connectivity index (χ3n) is 4.04. The molecule has 0 saturated carbocycles. The van der Waals surface area contributed by atoms with E-state index in [-0.39, 0.29) is 11.4 Å². The van der Waals surface area contributed by atoms with Crippen LogP contribution in [0.3, 0.4) is 0 Å². The summed E-state index contributed by atoms with van der Waals surface area (Å²) in [5, 5.41) is 3.78. The third kappa shape index (κ3) is 3.78. The van der Waals surface area contributed by atoms with Crippen molar-refractivity contribution in [2.45, 2.75) is 26.7 Å². The molecule has 0 aliphatic carbocycles. The van der Waals surface area contributed by atoms with Gasteiger partial charge in [0.2, 0.25) is 0 Å². The Hall–Kier alpha value is -2.66. The van der Waals surface area contributed by atoms with Gasteiger partial charge in [-0.1, -0.05) is 24.9 Å². The van der Waals surface area contributed by atoms with Crippen LogP contribution in [0.2, 0.25) is 5.02 Å². The zero-order valence-electron chi connectivity index (χ0n) is 14.6. The summed E-state index contributed by atoms with van der Waals surface area (Å²) in [7, 11) is 0. The van der Waals surface area contributed by atoms with Gasteiger partial charge < -0.3 is 0 Å². The van der Waals surface area contributed by atoms with Crippen LogP contribution in [-0.4, -0.2) is 15.5 Å². The second-order valence-corrected chi connectivity index (χ2v) is 6.44. The molecule has 0 spiro atoms. The molecule has 2 aromatic carbocycles. The summed E-state index contributed by atoms with van der Waals surface area (Å²) in [5.74, 6) is -0.345. The van der Waals surface area contributed by atoms with Gasteiger partial charge in [0.15, 0.2) is 0 Å². The average Bonchev–Trinajstić information content (AvgIpc) is 2.94. The van der Waals surface area contributed by atoms with Crippen LogP contribution in [0.15, 0.2) is 58.3 Å². The van der Waals surface area contributed by atoms with Gasteiger partial charge in [-0.2, -0.15) is 0 Å². The van der Waals surface area contributed by atoms with Gasteiger partial charge in [-0.25, -0.2) is 9.07 Å². The van der Waals surface area contributed by atoms with Crippen LogP contribution in [0.4, 0.5) is 10.1 Å². The van der Waals surface area contributed by atoms with Crippen molar-refractivity contribution >= 4 is 23.0 Å². The Kier molecular flexibility index (Phi) is 5.38. The maximum atomic E-state index is 13.2. The summed E-state index contributed by atoms with van der Waals surface area (Å²) in [4.78, 5) is 17.5. The summed E-state index contributed by atoms with van der Waals surface area (Å²) in [6.07, 6.45) is 1.59. The van der Waals surface area contributed by atoms with Gasteiger partial charge in [-0.3, -0.25) is 14.9 Å². The average molecular weight is 372 g/mol. The van der Waals surface area contributed by atoms with Crippen LogP contribution in [0.25, 0.3) is 5.69 Å². The molecule has 0 radical (unpaired) electrons. The molecule has 0 unspecified atom stereocenters. The molecule has 0 saturated heterocycles. The molecular weight excluding hydrogens is 353 g/mol. The van der Waals surface area contributed by atoms with Crippen molar-refractivity contribution in [2.75, 3.05) is 0 Å². The molecule has 26 heavy (non-hydrogen) atoms. The van der Waals surface area contributed by atoms with Crippen LogP contribution in [0.5, 0.6) is 0 Å². The number of nitrogens with zero attached hydrogens (tertiary/aromatic N) is 2. The lowest BCUT2D eigenvalue weighted by Crippen LogP contribution is -2.19. The highest BCUT2D eigenvalue weighted by Crippen LogP contribution is 2.19. The first-order valence-corrected chi connectivity index (χ1v) is 8.78. The number of hydrogen-bond acceptors (Lipinski definition) is 2. The fourth-order valence-electron chi connectivity index (χ4n) is 2.82. The highest BCUT2D eigenvalue weighted by Gasteiger charge is 2.17. The number of benzene rings is 2. The molecule has 3 rings (SSSR count). The van der Waals surface area contributed by atoms with E-state index in [1.54, 1.807) is 36.4 Å². The molecule has 6 heteroatoms. The summed E-state index contributed by atoms with van der Waals surface area (Å²) in [6.45, 7) is 3.86. The van der Waals surface area contributed by atoms with Crippen molar-refractivity contribution in [3.8, 4) is 5.69 Å². The molecule has 3 aromatic rings. The summed E-state index contributed by atoms with van der Waals surface area (Å²) < 4.78 is 14.6. The molecular formula is C20H19ClFN3O. The van der Waals surface area contributed by atoms with Crippen LogP contribution >= 0.6 is 11.6 Å². The zero-order valence-corrected chi connectivity index (χ0v) is 15.3. The van der Waals surface area contributed by atoms with Gasteiger partial charge in [-0.15, -0.1) is 0 Å². The van der Waals surface area contributed by atoms with Gasteiger partial charge in [0.05, 0.1) is 22.6 Å².